The van der Waals surface area contributed by atoms with E-state index in [1.54, 1.807) is 35.3 Å². The van der Waals surface area contributed by atoms with Crippen LogP contribution in [0.3, 0.4) is 0 Å². The van der Waals surface area contributed by atoms with E-state index in [-0.39, 0.29) is 5.91 Å². The first-order valence-corrected chi connectivity index (χ1v) is 7.61. The highest BCUT2D eigenvalue weighted by Gasteiger charge is 2.14. The molecule has 0 fully saturated rings. The number of hydrogen-bond acceptors (Lipinski definition) is 4. The van der Waals surface area contributed by atoms with Crippen LogP contribution in [0.4, 0.5) is 5.69 Å². The fourth-order valence-electron chi connectivity index (χ4n) is 2.49. The minimum atomic E-state index is -0.228. The highest BCUT2D eigenvalue weighted by atomic mass is 16.6. The number of hydrogen-bond donors (Lipinski definition) is 1. The molecule has 1 aliphatic rings. The second-order valence-corrected chi connectivity index (χ2v) is 5.32. The number of amides is 1. The molecule has 24 heavy (non-hydrogen) atoms. The summed E-state index contributed by atoms with van der Waals surface area (Å²) in [6.45, 7) is 1.05. The van der Waals surface area contributed by atoms with Gasteiger partial charge < -0.3 is 14.8 Å². The minimum Gasteiger partial charge on any atom is -0.486 e. The number of ether oxygens (including phenoxy) is 2. The molecule has 0 saturated carbocycles. The number of aromatic nitrogens is 2. The number of carbonyl (C=O) groups is 1. The molecule has 0 atom stereocenters. The third-order valence-electron chi connectivity index (χ3n) is 3.67. The molecule has 0 spiro atoms. The molecule has 3 aromatic rings. The molecule has 2 aromatic carbocycles. The summed E-state index contributed by atoms with van der Waals surface area (Å²) in [7, 11) is 0. The first-order valence-electron chi connectivity index (χ1n) is 7.61. The van der Waals surface area contributed by atoms with E-state index < -0.39 is 0 Å². The molecule has 120 valence electrons. The SMILES string of the molecule is O=C(Nc1ccc2c(c1)OCCO2)c1cnn(-c2ccccc2)c1. The third-order valence-corrected chi connectivity index (χ3v) is 3.67. The van der Waals surface area contributed by atoms with Gasteiger partial charge in [-0.2, -0.15) is 5.10 Å². The molecule has 6 heteroatoms. The van der Waals surface area contributed by atoms with Crippen LogP contribution in [-0.2, 0) is 0 Å². The van der Waals surface area contributed by atoms with Crippen molar-refractivity contribution in [2.45, 2.75) is 0 Å². The molecule has 6 nitrogen and oxygen atoms in total. The number of benzene rings is 2. The second-order valence-electron chi connectivity index (χ2n) is 5.32. The first kappa shape index (κ1) is 14.3. The van der Waals surface area contributed by atoms with Gasteiger partial charge >= 0.3 is 0 Å². The molecule has 0 aliphatic carbocycles. The zero-order valence-corrected chi connectivity index (χ0v) is 12.8. The van der Waals surface area contributed by atoms with E-state index in [2.05, 4.69) is 10.4 Å². The molecule has 0 saturated heterocycles. The molecule has 1 aliphatic heterocycles. The van der Waals surface area contributed by atoms with Crippen molar-refractivity contribution in [3.05, 3.63) is 66.5 Å². The number of carbonyl (C=O) groups excluding carboxylic acids is 1. The Balaban J connectivity index is 1.51. The Morgan fingerprint density at radius 3 is 2.67 bits per heavy atom. The summed E-state index contributed by atoms with van der Waals surface area (Å²) in [4.78, 5) is 12.4. The van der Waals surface area contributed by atoms with Crippen LogP contribution >= 0.6 is 0 Å². The molecular weight excluding hydrogens is 306 g/mol. The van der Waals surface area contributed by atoms with E-state index in [1.807, 2.05) is 30.3 Å². The minimum absolute atomic E-state index is 0.228. The second kappa shape index (κ2) is 6.08. The van der Waals surface area contributed by atoms with Crippen LogP contribution in [0.25, 0.3) is 5.69 Å². The lowest BCUT2D eigenvalue weighted by Crippen LogP contribution is -2.16. The number of nitrogens with one attached hydrogen (secondary N) is 1. The average Bonchev–Trinajstić information content (AvgIpc) is 3.13. The molecule has 1 N–H and O–H groups in total. The Labute approximate surface area is 138 Å². The van der Waals surface area contributed by atoms with Crippen molar-refractivity contribution in [2.24, 2.45) is 0 Å². The zero-order chi connectivity index (χ0) is 16.4. The van der Waals surface area contributed by atoms with Crippen molar-refractivity contribution in [2.75, 3.05) is 18.5 Å². The Kier molecular flexibility index (Phi) is 3.63. The Morgan fingerprint density at radius 1 is 1.04 bits per heavy atom. The van der Waals surface area contributed by atoms with E-state index in [4.69, 9.17) is 9.47 Å². The fraction of sp³-hybridized carbons (Fsp3) is 0.111. The van der Waals surface area contributed by atoms with Crippen molar-refractivity contribution < 1.29 is 14.3 Å². The van der Waals surface area contributed by atoms with Crippen LogP contribution in [0.2, 0.25) is 0 Å². The summed E-state index contributed by atoms with van der Waals surface area (Å²) in [6, 6.07) is 15.0. The molecule has 2 heterocycles. The van der Waals surface area contributed by atoms with E-state index in [9.17, 15) is 4.79 Å². The zero-order valence-electron chi connectivity index (χ0n) is 12.8. The van der Waals surface area contributed by atoms with Gasteiger partial charge in [-0.25, -0.2) is 4.68 Å². The van der Waals surface area contributed by atoms with Crippen molar-refractivity contribution in [1.82, 2.24) is 9.78 Å². The highest BCUT2D eigenvalue weighted by Crippen LogP contribution is 2.32. The maximum Gasteiger partial charge on any atom is 0.258 e. The average molecular weight is 321 g/mol. The van der Waals surface area contributed by atoms with Gasteiger partial charge in [0.25, 0.3) is 5.91 Å². The standard InChI is InChI=1S/C18H15N3O3/c22-18(13-11-19-21(12-13)15-4-2-1-3-5-15)20-14-6-7-16-17(10-14)24-9-8-23-16/h1-7,10-12H,8-9H2,(H,20,22). The molecule has 1 aromatic heterocycles. The quantitative estimate of drug-likeness (QED) is 0.805. The summed E-state index contributed by atoms with van der Waals surface area (Å²) in [5, 5.41) is 7.08. The van der Waals surface area contributed by atoms with E-state index in [0.29, 0.717) is 36.0 Å². The van der Waals surface area contributed by atoms with Gasteiger partial charge in [0.2, 0.25) is 0 Å². The van der Waals surface area contributed by atoms with Crippen LogP contribution in [0.15, 0.2) is 60.9 Å². The Hall–Kier alpha value is -3.28. The van der Waals surface area contributed by atoms with Gasteiger partial charge in [0, 0.05) is 18.0 Å². The van der Waals surface area contributed by atoms with E-state index in [1.165, 1.54) is 0 Å². The van der Waals surface area contributed by atoms with Crippen molar-refractivity contribution >= 4 is 11.6 Å². The normalized spacial score (nSPS) is 12.7. The summed E-state index contributed by atoms with van der Waals surface area (Å²) in [5.74, 6) is 1.10. The van der Waals surface area contributed by atoms with Crippen LogP contribution in [0.1, 0.15) is 10.4 Å². The predicted octanol–water partition coefficient (Wildman–Crippen LogP) is 2.90. The number of anilines is 1. The largest absolute Gasteiger partial charge is 0.486 e. The summed E-state index contributed by atoms with van der Waals surface area (Å²) in [5.41, 5.74) is 2.03. The number of nitrogens with zero attached hydrogens (tertiary/aromatic N) is 2. The lowest BCUT2D eigenvalue weighted by molar-refractivity contribution is 0.102. The third kappa shape index (κ3) is 2.81. The van der Waals surface area contributed by atoms with Crippen molar-refractivity contribution in [3.8, 4) is 17.2 Å². The van der Waals surface area contributed by atoms with E-state index >= 15 is 0 Å². The Bertz CT molecular complexity index is 874. The van der Waals surface area contributed by atoms with Crippen LogP contribution < -0.4 is 14.8 Å². The van der Waals surface area contributed by atoms with Gasteiger partial charge in [-0.1, -0.05) is 18.2 Å². The van der Waals surface area contributed by atoms with Crippen molar-refractivity contribution in [1.29, 1.82) is 0 Å². The topological polar surface area (TPSA) is 65.4 Å². The summed E-state index contributed by atoms with van der Waals surface area (Å²) >= 11 is 0. The fourth-order valence-corrected chi connectivity index (χ4v) is 2.49. The summed E-state index contributed by atoms with van der Waals surface area (Å²) in [6.07, 6.45) is 3.24. The van der Waals surface area contributed by atoms with Crippen LogP contribution in [0.5, 0.6) is 11.5 Å². The van der Waals surface area contributed by atoms with Gasteiger partial charge in [-0.15, -0.1) is 0 Å². The lowest BCUT2D eigenvalue weighted by Gasteiger charge is -2.18. The Morgan fingerprint density at radius 2 is 1.83 bits per heavy atom. The highest BCUT2D eigenvalue weighted by molar-refractivity contribution is 6.04. The van der Waals surface area contributed by atoms with Gasteiger partial charge in [0.15, 0.2) is 11.5 Å². The maximum absolute atomic E-state index is 12.4. The van der Waals surface area contributed by atoms with Crippen molar-refractivity contribution in [3.63, 3.8) is 0 Å². The first-order chi connectivity index (χ1) is 11.8. The molecule has 0 bridgehead atoms. The van der Waals surface area contributed by atoms with E-state index in [0.717, 1.165) is 5.69 Å². The van der Waals surface area contributed by atoms with Gasteiger partial charge in [0.1, 0.15) is 13.2 Å². The number of para-hydroxylation sites is 1. The monoisotopic (exact) mass is 321 g/mol. The van der Waals surface area contributed by atoms with Gasteiger partial charge in [-0.05, 0) is 24.3 Å². The predicted molar refractivity (Wildman–Crippen MR) is 88.9 cm³/mol. The molecule has 0 radical (unpaired) electrons. The van der Waals surface area contributed by atoms with Crippen LogP contribution in [-0.4, -0.2) is 28.9 Å². The van der Waals surface area contributed by atoms with Gasteiger partial charge in [-0.3, -0.25) is 4.79 Å². The lowest BCUT2D eigenvalue weighted by atomic mass is 10.2. The maximum atomic E-state index is 12.4. The number of rotatable bonds is 3. The molecular formula is C18H15N3O3. The number of fused-ring (bicyclic) bond motifs is 1. The van der Waals surface area contributed by atoms with Crippen LogP contribution in [0, 0.1) is 0 Å². The summed E-state index contributed by atoms with van der Waals surface area (Å²) < 4.78 is 12.7. The molecule has 1 amide bonds. The smallest absolute Gasteiger partial charge is 0.258 e. The molecule has 0 unspecified atom stereocenters. The van der Waals surface area contributed by atoms with Gasteiger partial charge in [0.05, 0.1) is 17.4 Å². The molecule has 4 rings (SSSR count).